The number of hydrogen-bond donors (Lipinski definition) is 1. The van der Waals surface area contributed by atoms with Crippen molar-refractivity contribution in [3.63, 3.8) is 0 Å². The van der Waals surface area contributed by atoms with E-state index in [4.69, 9.17) is 19.5 Å². The second-order valence-electron chi connectivity index (χ2n) is 8.35. The van der Waals surface area contributed by atoms with Crippen molar-refractivity contribution in [3.05, 3.63) is 77.1 Å². The Morgan fingerprint density at radius 1 is 1.11 bits per heavy atom. The fourth-order valence-electron chi connectivity index (χ4n) is 3.98. The summed E-state index contributed by atoms with van der Waals surface area (Å²) in [5, 5.41) is 11.1. The molecule has 0 saturated heterocycles. The lowest BCUT2D eigenvalue weighted by atomic mass is 10.1. The predicted molar refractivity (Wildman–Crippen MR) is 130 cm³/mol. The quantitative estimate of drug-likeness (QED) is 0.379. The number of ether oxygens (including phenoxy) is 3. The van der Waals surface area contributed by atoms with Gasteiger partial charge in [0.25, 0.3) is 0 Å². The van der Waals surface area contributed by atoms with Crippen LogP contribution in [0.1, 0.15) is 38.5 Å². The molecule has 36 heavy (non-hydrogen) atoms. The van der Waals surface area contributed by atoms with E-state index in [1.54, 1.807) is 12.1 Å². The van der Waals surface area contributed by atoms with Gasteiger partial charge in [0.15, 0.2) is 24.2 Å². The van der Waals surface area contributed by atoms with E-state index in [0.717, 1.165) is 11.4 Å². The number of carbonyl (C=O) groups is 3. The van der Waals surface area contributed by atoms with Crippen LogP contribution in [0.2, 0.25) is 0 Å². The van der Waals surface area contributed by atoms with Crippen molar-refractivity contribution in [1.29, 1.82) is 5.26 Å². The van der Waals surface area contributed by atoms with Gasteiger partial charge >= 0.3 is 5.97 Å². The average Bonchev–Trinajstić information content (AvgIpc) is 3.16. The molecule has 3 aromatic rings. The summed E-state index contributed by atoms with van der Waals surface area (Å²) < 4.78 is 19.1. The van der Waals surface area contributed by atoms with Gasteiger partial charge in [0.05, 0.1) is 18.2 Å². The van der Waals surface area contributed by atoms with Crippen LogP contribution >= 0.6 is 0 Å². The molecule has 0 saturated carbocycles. The van der Waals surface area contributed by atoms with Crippen LogP contribution in [0, 0.1) is 25.2 Å². The van der Waals surface area contributed by atoms with Crippen molar-refractivity contribution in [2.45, 2.75) is 32.9 Å². The molecular formula is C27H25N3O6. The number of aromatic nitrogens is 1. The van der Waals surface area contributed by atoms with E-state index in [9.17, 15) is 14.4 Å². The minimum absolute atomic E-state index is 0.210. The van der Waals surface area contributed by atoms with Crippen molar-refractivity contribution < 1.29 is 28.6 Å². The number of nitriles is 1. The standard InChI is InChI=1S/C27H25N3O6/c1-17-13-22(18(2)30(17)14-21-15-34-24-5-3-4-6-25(24)36-21)23(31)16-35-27(33)19-7-9-20(10-8-19)29-26(32)11-12-28/h3-10,13,21H,11,14-16H2,1-2H3,(H,29,32)/t21-/m0/s1. The summed E-state index contributed by atoms with van der Waals surface area (Å²) >= 11 is 0. The third kappa shape index (κ3) is 5.55. The first-order valence-electron chi connectivity index (χ1n) is 11.4. The van der Waals surface area contributed by atoms with Gasteiger partial charge in [-0.05, 0) is 56.3 Å². The van der Waals surface area contributed by atoms with Crippen molar-refractivity contribution in [2.75, 3.05) is 18.5 Å². The van der Waals surface area contributed by atoms with Gasteiger partial charge < -0.3 is 24.1 Å². The van der Waals surface area contributed by atoms with E-state index >= 15 is 0 Å². The van der Waals surface area contributed by atoms with E-state index in [1.165, 1.54) is 24.3 Å². The van der Waals surface area contributed by atoms with E-state index in [-0.39, 0.29) is 23.9 Å². The van der Waals surface area contributed by atoms with Gasteiger partial charge in [0.1, 0.15) is 13.0 Å². The first-order valence-corrected chi connectivity index (χ1v) is 11.4. The molecule has 9 heteroatoms. The number of ketones is 1. The fraction of sp³-hybridized carbons (Fsp3) is 0.259. The molecule has 0 radical (unpaired) electrons. The van der Waals surface area contributed by atoms with Crippen LogP contribution in [-0.2, 0) is 16.1 Å². The number of para-hydroxylation sites is 2. The summed E-state index contributed by atoms with van der Waals surface area (Å²) in [7, 11) is 0. The monoisotopic (exact) mass is 487 g/mol. The van der Waals surface area contributed by atoms with Gasteiger partial charge in [-0.3, -0.25) is 9.59 Å². The normalized spacial score (nSPS) is 14.0. The van der Waals surface area contributed by atoms with Crippen molar-refractivity contribution in [3.8, 4) is 17.6 Å². The zero-order chi connectivity index (χ0) is 25.7. The highest BCUT2D eigenvalue weighted by Gasteiger charge is 2.24. The summed E-state index contributed by atoms with van der Waals surface area (Å²) in [6, 6.07) is 17.0. The van der Waals surface area contributed by atoms with E-state index in [2.05, 4.69) is 5.32 Å². The van der Waals surface area contributed by atoms with Crippen molar-refractivity contribution >= 4 is 23.3 Å². The molecular weight excluding hydrogens is 462 g/mol. The van der Waals surface area contributed by atoms with Gasteiger partial charge in [0.2, 0.25) is 11.7 Å². The number of nitrogens with zero attached hydrogens (tertiary/aromatic N) is 2. The maximum absolute atomic E-state index is 12.8. The lowest BCUT2D eigenvalue weighted by Gasteiger charge is -2.27. The molecule has 4 rings (SSSR count). The molecule has 0 spiro atoms. The van der Waals surface area contributed by atoms with Gasteiger partial charge in [0, 0.05) is 22.6 Å². The number of anilines is 1. The second-order valence-corrected chi connectivity index (χ2v) is 8.35. The molecule has 9 nitrogen and oxygen atoms in total. The number of carbonyl (C=O) groups excluding carboxylic acids is 3. The number of nitrogens with one attached hydrogen (secondary N) is 1. The van der Waals surface area contributed by atoms with Crippen molar-refractivity contribution in [1.82, 2.24) is 4.57 Å². The number of rotatable bonds is 8. The minimum Gasteiger partial charge on any atom is -0.486 e. The maximum atomic E-state index is 12.8. The SMILES string of the molecule is Cc1cc(C(=O)COC(=O)c2ccc(NC(=O)CC#N)cc2)c(C)n1C[C@H]1COc2ccccc2O1. The number of Topliss-reactive ketones (excluding diaryl/α,β-unsaturated/α-hetero) is 1. The number of benzene rings is 2. The molecule has 1 aliphatic rings. The summed E-state index contributed by atoms with van der Waals surface area (Å²) in [5.74, 6) is -0.00100. The largest absolute Gasteiger partial charge is 0.486 e. The van der Waals surface area contributed by atoms with Gasteiger partial charge in [-0.25, -0.2) is 4.79 Å². The number of hydrogen-bond acceptors (Lipinski definition) is 7. The molecule has 1 atom stereocenters. The zero-order valence-corrected chi connectivity index (χ0v) is 19.9. The third-order valence-corrected chi connectivity index (χ3v) is 5.81. The first-order chi connectivity index (χ1) is 17.4. The highest BCUT2D eigenvalue weighted by Crippen LogP contribution is 2.31. The summed E-state index contributed by atoms with van der Waals surface area (Å²) in [5.41, 5.74) is 2.81. The molecule has 0 unspecified atom stereocenters. The molecule has 1 aliphatic heterocycles. The third-order valence-electron chi connectivity index (χ3n) is 5.81. The highest BCUT2D eigenvalue weighted by atomic mass is 16.6. The Hall–Kier alpha value is -4.58. The lowest BCUT2D eigenvalue weighted by molar-refractivity contribution is -0.115. The Balaban J connectivity index is 1.35. The van der Waals surface area contributed by atoms with Crippen LogP contribution in [0.25, 0.3) is 0 Å². The summed E-state index contributed by atoms with van der Waals surface area (Å²) in [6.07, 6.45) is -0.472. The Morgan fingerprint density at radius 3 is 2.56 bits per heavy atom. The first kappa shape index (κ1) is 24.5. The molecule has 1 amide bonds. The second kappa shape index (κ2) is 10.8. The molecule has 0 bridgehead atoms. The van der Waals surface area contributed by atoms with Crippen LogP contribution in [0.4, 0.5) is 5.69 Å². The molecule has 2 aromatic carbocycles. The number of fused-ring (bicyclic) bond motifs is 1. The molecule has 184 valence electrons. The summed E-state index contributed by atoms with van der Waals surface area (Å²) in [4.78, 5) is 36.7. The Kier molecular flexibility index (Phi) is 7.35. The van der Waals surface area contributed by atoms with Crippen LogP contribution in [-0.4, -0.2) is 41.5 Å². The minimum atomic E-state index is -0.654. The van der Waals surface area contributed by atoms with E-state index < -0.39 is 18.5 Å². The molecule has 1 aromatic heterocycles. The maximum Gasteiger partial charge on any atom is 0.338 e. The molecule has 0 fully saturated rings. The van der Waals surface area contributed by atoms with Crippen molar-refractivity contribution in [2.24, 2.45) is 0 Å². The smallest absolute Gasteiger partial charge is 0.338 e. The molecule has 1 N–H and O–H groups in total. The molecule has 2 heterocycles. The van der Waals surface area contributed by atoms with Crippen LogP contribution in [0.15, 0.2) is 54.6 Å². The Labute approximate surface area is 208 Å². The molecule has 0 aliphatic carbocycles. The zero-order valence-electron chi connectivity index (χ0n) is 19.9. The highest BCUT2D eigenvalue weighted by molar-refractivity contribution is 6.00. The van der Waals surface area contributed by atoms with Gasteiger partial charge in [-0.2, -0.15) is 5.26 Å². The number of amides is 1. The Morgan fingerprint density at radius 2 is 1.83 bits per heavy atom. The van der Waals surface area contributed by atoms with E-state index in [1.807, 2.05) is 42.7 Å². The van der Waals surface area contributed by atoms with Gasteiger partial charge in [-0.1, -0.05) is 12.1 Å². The predicted octanol–water partition coefficient (Wildman–Crippen LogP) is 3.84. The topological polar surface area (TPSA) is 120 Å². The number of aryl methyl sites for hydroxylation is 1. The van der Waals surface area contributed by atoms with Gasteiger partial charge in [-0.15, -0.1) is 0 Å². The van der Waals surface area contributed by atoms with E-state index in [0.29, 0.717) is 35.9 Å². The fourth-order valence-corrected chi connectivity index (χ4v) is 3.98. The van der Waals surface area contributed by atoms with Crippen LogP contribution in [0.3, 0.4) is 0 Å². The Bertz CT molecular complexity index is 1340. The number of esters is 1. The van der Waals surface area contributed by atoms with Crippen LogP contribution < -0.4 is 14.8 Å². The van der Waals surface area contributed by atoms with Crippen LogP contribution in [0.5, 0.6) is 11.5 Å². The lowest BCUT2D eigenvalue weighted by Crippen LogP contribution is -2.33. The summed E-state index contributed by atoms with van der Waals surface area (Å²) in [6.45, 7) is 4.26. The average molecular weight is 488 g/mol.